The molecule has 4 heterocycles. The highest BCUT2D eigenvalue weighted by Gasteiger charge is 2.13. The molecule has 4 aromatic rings. The van der Waals surface area contributed by atoms with Crippen LogP contribution in [-0.4, -0.2) is 15.4 Å². The predicted molar refractivity (Wildman–Crippen MR) is 75.8 cm³/mol. The van der Waals surface area contributed by atoms with Gasteiger partial charge in [0.25, 0.3) is 11.1 Å². The Labute approximate surface area is 128 Å². The summed E-state index contributed by atoms with van der Waals surface area (Å²) in [4.78, 5) is 0. The Kier molecular flexibility index (Phi) is 3.28. The molecule has 0 aromatic carbocycles. The first-order chi connectivity index (χ1) is 10.9. The number of furan rings is 2. The Morgan fingerprint density at radius 2 is 1.77 bits per heavy atom. The Bertz CT molecular complexity index is 776. The lowest BCUT2D eigenvalue weighted by molar-refractivity contribution is 0.413. The van der Waals surface area contributed by atoms with Crippen molar-refractivity contribution in [3.8, 4) is 23.2 Å². The van der Waals surface area contributed by atoms with E-state index in [0.717, 1.165) is 5.69 Å². The second-order valence-corrected chi connectivity index (χ2v) is 5.23. The summed E-state index contributed by atoms with van der Waals surface area (Å²) in [6, 6.07) is 8.94. The molecule has 4 rings (SSSR count). The zero-order chi connectivity index (χ0) is 14.8. The van der Waals surface area contributed by atoms with Crippen LogP contribution in [0.5, 0.6) is 0 Å². The maximum atomic E-state index is 5.50. The van der Waals surface area contributed by atoms with E-state index in [1.54, 1.807) is 30.7 Å². The number of thioether (sulfide) groups is 1. The van der Waals surface area contributed by atoms with Crippen molar-refractivity contribution in [1.29, 1.82) is 0 Å². The van der Waals surface area contributed by atoms with Gasteiger partial charge in [0.2, 0.25) is 5.76 Å². The molecule has 22 heavy (non-hydrogen) atoms. The number of hydrogen-bond donors (Lipinski definition) is 0. The van der Waals surface area contributed by atoms with Gasteiger partial charge in [-0.15, -0.1) is 10.2 Å². The number of nitrogens with zero attached hydrogens (tertiary/aromatic N) is 3. The smallest absolute Gasteiger partial charge is 0.284 e. The molecule has 0 saturated carbocycles. The third-order valence-electron chi connectivity index (χ3n) is 2.80. The van der Waals surface area contributed by atoms with Crippen molar-refractivity contribution in [2.45, 2.75) is 11.0 Å². The Hall–Kier alpha value is -2.74. The van der Waals surface area contributed by atoms with E-state index in [1.807, 2.05) is 12.1 Å². The minimum absolute atomic E-state index is 0.351. The fourth-order valence-electron chi connectivity index (χ4n) is 1.82. The minimum Gasteiger partial charge on any atom is -0.461 e. The van der Waals surface area contributed by atoms with E-state index in [9.17, 15) is 0 Å². The monoisotopic (exact) mass is 315 g/mol. The van der Waals surface area contributed by atoms with Crippen LogP contribution in [-0.2, 0) is 5.75 Å². The average Bonchev–Trinajstić information content (AvgIpc) is 3.33. The molecule has 4 aromatic heterocycles. The van der Waals surface area contributed by atoms with E-state index in [-0.39, 0.29) is 0 Å². The third kappa shape index (κ3) is 2.56. The van der Waals surface area contributed by atoms with E-state index in [4.69, 9.17) is 17.8 Å². The van der Waals surface area contributed by atoms with Crippen LogP contribution in [0.3, 0.4) is 0 Å². The lowest BCUT2D eigenvalue weighted by Gasteiger charge is -1.90. The molecule has 0 atom stereocenters. The highest BCUT2D eigenvalue weighted by molar-refractivity contribution is 7.98. The van der Waals surface area contributed by atoms with Crippen molar-refractivity contribution in [3.63, 3.8) is 0 Å². The largest absolute Gasteiger partial charge is 0.461 e. The van der Waals surface area contributed by atoms with Crippen molar-refractivity contribution in [3.05, 3.63) is 48.6 Å². The molecule has 110 valence electrons. The van der Waals surface area contributed by atoms with Crippen molar-refractivity contribution < 1.29 is 17.8 Å². The van der Waals surface area contributed by atoms with Gasteiger partial charge >= 0.3 is 0 Å². The van der Waals surface area contributed by atoms with Crippen LogP contribution in [0.1, 0.15) is 5.69 Å². The second-order valence-electron chi connectivity index (χ2n) is 4.30. The minimum atomic E-state index is 0.351. The lowest BCUT2D eigenvalue weighted by atomic mass is 10.3. The maximum Gasteiger partial charge on any atom is 0.284 e. The first-order valence-electron chi connectivity index (χ1n) is 6.38. The quantitative estimate of drug-likeness (QED) is 0.512. The topological polar surface area (TPSA) is 91.2 Å². The summed E-state index contributed by atoms with van der Waals surface area (Å²) in [5.74, 6) is 2.66. The van der Waals surface area contributed by atoms with Gasteiger partial charge in [-0.3, -0.25) is 0 Å². The van der Waals surface area contributed by atoms with Gasteiger partial charge in [0.1, 0.15) is 0 Å². The zero-order valence-corrected chi connectivity index (χ0v) is 11.9. The van der Waals surface area contributed by atoms with Crippen LogP contribution in [0.15, 0.2) is 65.9 Å². The van der Waals surface area contributed by atoms with Crippen molar-refractivity contribution in [1.82, 2.24) is 15.4 Å². The average molecular weight is 315 g/mol. The number of hydrogen-bond acceptors (Lipinski definition) is 8. The van der Waals surface area contributed by atoms with Crippen LogP contribution in [0.2, 0.25) is 0 Å². The molecule has 0 N–H and O–H groups in total. The summed E-state index contributed by atoms with van der Waals surface area (Å²) in [5, 5.41) is 12.3. The molecular weight excluding hydrogens is 306 g/mol. The molecule has 0 aliphatic heterocycles. The molecular formula is C14H9N3O4S. The van der Waals surface area contributed by atoms with Crippen molar-refractivity contribution in [2.75, 3.05) is 0 Å². The van der Waals surface area contributed by atoms with Gasteiger partial charge in [-0.1, -0.05) is 16.9 Å². The van der Waals surface area contributed by atoms with Gasteiger partial charge in [0, 0.05) is 11.8 Å². The standard InChI is InChI=1S/C14H9N3O4S/c1-3-10(18-5-1)12-7-9(17-21-12)8-22-14-16-15-13(20-14)11-4-2-6-19-11/h1-7H,8H2. The first-order valence-corrected chi connectivity index (χ1v) is 7.37. The van der Waals surface area contributed by atoms with Gasteiger partial charge in [-0.05, 0) is 24.3 Å². The summed E-state index contributed by atoms with van der Waals surface area (Å²) in [5.41, 5.74) is 0.758. The molecule has 8 heteroatoms. The Balaban J connectivity index is 1.43. The second kappa shape index (κ2) is 5.57. The Morgan fingerprint density at radius 1 is 0.955 bits per heavy atom. The molecule has 0 aliphatic carbocycles. The van der Waals surface area contributed by atoms with E-state index >= 15 is 0 Å². The molecule has 0 saturated heterocycles. The van der Waals surface area contributed by atoms with Gasteiger partial charge < -0.3 is 17.8 Å². The van der Waals surface area contributed by atoms with Gasteiger partial charge in [0.05, 0.1) is 18.2 Å². The lowest BCUT2D eigenvalue weighted by Crippen LogP contribution is -1.79. The molecule has 0 spiro atoms. The molecule has 0 aliphatic rings. The van der Waals surface area contributed by atoms with E-state index < -0.39 is 0 Å². The van der Waals surface area contributed by atoms with Crippen LogP contribution < -0.4 is 0 Å². The maximum absolute atomic E-state index is 5.50. The highest BCUT2D eigenvalue weighted by Crippen LogP contribution is 2.27. The van der Waals surface area contributed by atoms with Crippen LogP contribution in [0.4, 0.5) is 0 Å². The Morgan fingerprint density at radius 3 is 2.55 bits per heavy atom. The third-order valence-corrected chi connectivity index (χ3v) is 3.66. The number of rotatable bonds is 5. The molecule has 0 fully saturated rings. The molecule has 0 radical (unpaired) electrons. The molecule has 0 unspecified atom stereocenters. The van der Waals surface area contributed by atoms with E-state index in [1.165, 1.54) is 11.8 Å². The summed E-state index contributed by atoms with van der Waals surface area (Å²) in [7, 11) is 0. The van der Waals surface area contributed by atoms with Crippen LogP contribution in [0, 0.1) is 0 Å². The van der Waals surface area contributed by atoms with Crippen LogP contribution >= 0.6 is 11.8 Å². The fraction of sp³-hybridized carbons (Fsp3) is 0.0714. The summed E-state index contributed by atoms with van der Waals surface area (Å²) >= 11 is 1.37. The summed E-state index contributed by atoms with van der Waals surface area (Å²) in [6.45, 7) is 0. The highest BCUT2D eigenvalue weighted by atomic mass is 32.2. The van der Waals surface area contributed by atoms with Crippen molar-refractivity contribution in [2.24, 2.45) is 0 Å². The summed E-state index contributed by atoms with van der Waals surface area (Å²) < 4.78 is 21.2. The molecule has 0 bridgehead atoms. The molecule has 0 amide bonds. The van der Waals surface area contributed by atoms with Gasteiger partial charge in [-0.25, -0.2) is 0 Å². The zero-order valence-electron chi connectivity index (χ0n) is 11.1. The number of aromatic nitrogens is 3. The van der Waals surface area contributed by atoms with E-state index in [0.29, 0.717) is 34.1 Å². The first kappa shape index (κ1) is 13.0. The van der Waals surface area contributed by atoms with Crippen molar-refractivity contribution >= 4 is 11.8 Å². The normalized spacial score (nSPS) is 11.1. The van der Waals surface area contributed by atoms with Gasteiger partial charge in [0.15, 0.2) is 11.5 Å². The van der Waals surface area contributed by atoms with E-state index in [2.05, 4.69) is 15.4 Å². The van der Waals surface area contributed by atoms with Crippen LogP contribution in [0.25, 0.3) is 23.2 Å². The molecule has 7 nitrogen and oxygen atoms in total. The predicted octanol–water partition coefficient (Wildman–Crippen LogP) is 3.87. The summed E-state index contributed by atoms with van der Waals surface area (Å²) in [6.07, 6.45) is 3.14. The SMILES string of the molecule is c1coc(-c2cc(CSc3nnc(-c4ccco4)o3)no2)c1. The van der Waals surface area contributed by atoms with Gasteiger partial charge in [-0.2, -0.15) is 0 Å². The fourth-order valence-corrected chi connectivity index (χ4v) is 2.46.